The van der Waals surface area contributed by atoms with Crippen molar-refractivity contribution in [2.45, 2.75) is 39.7 Å². The summed E-state index contributed by atoms with van der Waals surface area (Å²) < 4.78 is 4.63. The Morgan fingerprint density at radius 2 is 1.97 bits per heavy atom. The van der Waals surface area contributed by atoms with Crippen LogP contribution in [0.4, 0.5) is 0 Å². The molecule has 0 radical (unpaired) electrons. The maximum atomic E-state index is 12.9. The van der Waals surface area contributed by atoms with E-state index in [1.165, 1.54) is 0 Å². The first-order valence-corrected chi connectivity index (χ1v) is 10.5. The summed E-state index contributed by atoms with van der Waals surface area (Å²) in [6.45, 7) is 5.38. The Bertz CT molecular complexity index is 1060. The van der Waals surface area contributed by atoms with Crippen molar-refractivity contribution in [3.63, 3.8) is 0 Å². The third-order valence-electron chi connectivity index (χ3n) is 5.80. The number of carbonyl (C=O) groups excluding carboxylic acids is 2. The van der Waals surface area contributed by atoms with Crippen molar-refractivity contribution in [3.8, 4) is 11.3 Å². The lowest BCUT2D eigenvalue weighted by atomic mass is 9.93. The van der Waals surface area contributed by atoms with E-state index in [0.29, 0.717) is 43.1 Å². The number of amides is 2. The van der Waals surface area contributed by atoms with Crippen LogP contribution in [0.15, 0.2) is 35.0 Å². The molecule has 0 aliphatic carbocycles. The molecule has 2 N–H and O–H groups in total. The molecule has 162 valence electrons. The summed E-state index contributed by atoms with van der Waals surface area (Å²) in [6, 6.07) is 9.77. The molecule has 31 heavy (non-hydrogen) atoms. The average molecular weight is 422 g/mol. The molecule has 0 spiro atoms. The Hall–Kier alpha value is -3.49. The fourth-order valence-electron chi connectivity index (χ4n) is 3.87. The Morgan fingerprint density at radius 3 is 2.68 bits per heavy atom. The summed E-state index contributed by atoms with van der Waals surface area (Å²) in [5, 5.41) is 17.5. The second-order valence-electron chi connectivity index (χ2n) is 7.99. The van der Waals surface area contributed by atoms with Gasteiger partial charge in [-0.2, -0.15) is 5.10 Å². The first-order chi connectivity index (χ1) is 15.0. The molecule has 0 saturated carbocycles. The zero-order valence-electron chi connectivity index (χ0n) is 17.7. The van der Waals surface area contributed by atoms with Crippen LogP contribution in [-0.4, -0.2) is 50.3 Å². The Kier molecular flexibility index (Phi) is 6.11. The minimum absolute atomic E-state index is 0.0244. The van der Waals surface area contributed by atoms with Gasteiger partial charge in [-0.25, -0.2) is 4.63 Å². The van der Waals surface area contributed by atoms with Gasteiger partial charge in [-0.1, -0.05) is 34.6 Å². The van der Waals surface area contributed by atoms with Crippen LogP contribution >= 0.6 is 0 Å². The van der Waals surface area contributed by atoms with Crippen molar-refractivity contribution in [2.24, 2.45) is 5.92 Å². The number of piperidine rings is 1. The number of likely N-dealkylation sites (tertiary alicyclic amines) is 1. The lowest BCUT2D eigenvalue weighted by Gasteiger charge is -2.31. The van der Waals surface area contributed by atoms with Crippen molar-refractivity contribution in [3.05, 3.63) is 53.0 Å². The Morgan fingerprint density at radius 1 is 1.19 bits per heavy atom. The van der Waals surface area contributed by atoms with Crippen LogP contribution < -0.4 is 5.32 Å². The first kappa shape index (κ1) is 20.8. The smallest absolute Gasteiger partial charge is 0.271 e. The molecule has 0 atom stereocenters. The van der Waals surface area contributed by atoms with Gasteiger partial charge >= 0.3 is 0 Å². The number of benzene rings is 1. The average Bonchev–Trinajstić information content (AvgIpc) is 3.42. The van der Waals surface area contributed by atoms with Gasteiger partial charge in [0.25, 0.3) is 5.91 Å². The minimum atomic E-state index is -0.0516. The van der Waals surface area contributed by atoms with Crippen LogP contribution in [-0.2, 0) is 11.3 Å². The molecule has 3 heterocycles. The SMILES string of the molecule is Cc1ccccc1-c1cc(C(=O)N2CCC(CC(=O)NCc3nonc3C)CC2)[nH]n1. The monoisotopic (exact) mass is 422 g/mol. The van der Waals surface area contributed by atoms with Gasteiger partial charge in [-0.15, -0.1) is 0 Å². The number of hydrogen-bond donors (Lipinski definition) is 2. The van der Waals surface area contributed by atoms with Crippen LogP contribution in [0, 0.1) is 19.8 Å². The van der Waals surface area contributed by atoms with Crippen LogP contribution in [0.3, 0.4) is 0 Å². The van der Waals surface area contributed by atoms with Gasteiger partial charge in [-0.05, 0) is 44.2 Å². The largest absolute Gasteiger partial charge is 0.350 e. The summed E-state index contributed by atoms with van der Waals surface area (Å²) in [6.07, 6.45) is 2.03. The number of H-pyrrole nitrogens is 1. The molecule has 4 rings (SSSR count). The highest BCUT2D eigenvalue weighted by Crippen LogP contribution is 2.24. The molecule has 1 aromatic carbocycles. The van der Waals surface area contributed by atoms with Crippen molar-refractivity contribution in [2.75, 3.05) is 13.1 Å². The molecule has 1 fully saturated rings. The maximum absolute atomic E-state index is 12.9. The summed E-state index contributed by atoms with van der Waals surface area (Å²) in [5.41, 5.74) is 4.70. The van der Waals surface area contributed by atoms with E-state index in [9.17, 15) is 9.59 Å². The number of aryl methyl sites for hydroxylation is 2. The van der Waals surface area contributed by atoms with Gasteiger partial charge in [0.05, 0.1) is 12.2 Å². The normalized spacial score (nSPS) is 14.6. The van der Waals surface area contributed by atoms with Crippen LogP contribution in [0.25, 0.3) is 11.3 Å². The molecule has 1 saturated heterocycles. The van der Waals surface area contributed by atoms with Crippen molar-refractivity contribution < 1.29 is 14.2 Å². The van der Waals surface area contributed by atoms with Gasteiger partial charge < -0.3 is 10.2 Å². The van der Waals surface area contributed by atoms with Gasteiger partial charge in [0.2, 0.25) is 5.91 Å². The predicted molar refractivity (Wildman–Crippen MR) is 113 cm³/mol. The van der Waals surface area contributed by atoms with E-state index in [1.54, 1.807) is 6.92 Å². The van der Waals surface area contributed by atoms with E-state index in [2.05, 4.69) is 30.5 Å². The summed E-state index contributed by atoms with van der Waals surface area (Å²) in [5.74, 6) is 0.178. The van der Waals surface area contributed by atoms with Crippen molar-refractivity contribution in [1.29, 1.82) is 0 Å². The molecule has 3 aromatic rings. The fourth-order valence-corrected chi connectivity index (χ4v) is 3.87. The van der Waals surface area contributed by atoms with E-state index in [1.807, 2.05) is 42.2 Å². The Balaban J connectivity index is 1.27. The highest BCUT2D eigenvalue weighted by atomic mass is 16.6. The number of rotatable bonds is 6. The molecule has 1 aliphatic heterocycles. The van der Waals surface area contributed by atoms with Gasteiger partial charge in [0.15, 0.2) is 0 Å². The molecule has 2 amide bonds. The number of hydrogen-bond acceptors (Lipinski definition) is 6. The highest BCUT2D eigenvalue weighted by Gasteiger charge is 2.26. The van der Waals surface area contributed by atoms with Crippen LogP contribution in [0.5, 0.6) is 0 Å². The molecular formula is C22H26N6O3. The molecule has 2 aromatic heterocycles. The lowest BCUT2D eigenvalue weighted by Crippen LogP contribution is -2.39. The zero-order valence-corrected chi connectivity index (χ0v) is 17.7. The standard InChI is InChI=1S/C22H26N6O3/c1-14-5-3-4-6-17(14)18-12-19(25-24-18)22(30)28-9-7-16(8-10-28)11-21(29)23-13-20-15(2)26-31-27-20/h3-6,12,16H,7-11,13H2,1-2H3,(H,23,29)(H,24,25). The van der Waals surface area contributed by atoms with E-state index < -0.39 is 0 Å². The maximum Gasteiger partial charge on any atom is 0.271 e. The van der Waals surface area contributed by atoms with Gasteiger partial charge in [-0.3, -0.25) is 14.7 Å². The first-order valence-electron chi connectivity index (χ1n) is 10.5. The van der Waals surface area contributed by atoms with Crippen LogP contribution in [0.2, 0.25) is 0 Å². The van der Waals surface area contributed by atoms with Crippen molar-refractivity contribution in [1.82, 2.24) is 30.7 Å². The second kappa shape index (κ2) is 9.11. The zero-order chi connectivity index (χ0) is 21.8. The third-order valence-corrected chi connectivity index (χ3v) is 5.80. The van der Waals surface area contributed by atoms with E-state index >= 15 is 0 Å². The third kappa shape index (κ3) is 4.82. The molecule has 9 nitrogen and oxygen atoms in total. The van der Waals surface area contributed by atoms with E-state index in [0.717, 1.165) is 29.7 Å². The molecular weight excluding hydrogens is 396 g/mol. The quantitative estimate of drug-likeness (QED) is 0.631. The van der Waals surface area contributed by atoms with Gasteiger partial charge in [0, 0.05) is 25.1 Å². The Labute approximate surface area is 180 Å². The van der Waals surface area contributed by atoms with Crippen molar-refractivity contribution >= 4 is 11.8 Å². The molecule has 0 unspecified atom stereocenters. The molecule has 0 bridgehead atoms. The summed E-state index contributed by atoms with van der Waals surface area (Å²) in [7, 11) is 0. The van der Waals surface area contributed by atoms with Crippen LogP contribution in [0.1, 0.15) is 46.7 Å². The predicted octanol–water partition coefficient (Wildman–Crippen LogP) is 2.64. The molecule has 9 heteroatoms. The highest BCUT2D eigenvalue weighted by molar-refractivity contribution is 5.93. The number of nitrogens with one attached hydrogen (secondary N) is 2. The fraction of sp³-hybridized carbons (Fsp3) is 0.409. The number of aromatic nitrogens is 4. The summed E-state index contributed by atoms with van der Waals surface area (Å²) >= 11 is 0. The second-order valence-corrected chi connectivity index (χ2v) is 7.99. The van der Waals surface area contributed by atoms with E-state index in [-0.39, 0.29) is 17.7 Å². The lowest BCUT2D eigenvalue weighted by molar-refractivity contribution is -0.122. The number of nitrogens with zero attached hydrogens (tertiary/aromatic N) is 4. The minimum Gasteiger partial charge on any atom is -0.350 e. The number of carbonyl (C=O) groups is 2. The number of aromatic amines is 1. The van der Waals surface area contributed by atoms with E-state index in [4.69, 9.17) is 0 Å². The topological polar surface area (TPSA) is 117 Å². The summed E-state index contributed by atoms with van der Waals surface area (Å²) in [4.78, 5) is 26.9. The molecule has 1 aliphatic rings. The van der Waals surface area contributed by atoms with Gasteiger partial charge in [0.1, 0.15) is 17.1 Å².